The summed E-state index contributed by atoms with van der Waals surface area (Å²) in [5.74, 6) is -1.88. The third kappa shape index (κ3) is 13.8. The van der Waals surface area contributed by atoms with E-state index >= 15 is 0 Å². The molecule has 0 saturated carbocycles. The third-order valence-electron chi connectivity index (χ3n) is 11.2. The van der Waals surface area contributed by atoms with Crippen LogP contribution in [-0.2, 0) is 25.4 Å². The van der Waals surface area contributed by atoms with Crippen LogP contribution < -0.4 is 21.3 Å². The highest BCUT2D eigenvalue weighted by Crippen LogP contribution is 2.31. The van der Waals surface area contributed by atoms with Crippen molar-refractivity contribution >= 4 is 58.2 Å². The van der Waals surface area contributed by atoms with Crippen LogP contribution in [0.2, 0.25) is 10.0 Å². The minimum absolute atomic E-state index is 0.0605. The molecular weight excluding hydrogens is 961 g/mol. The van der Waals surface area contributed by atoms with E-state index in [4.69, 9.17) is 23.2 Å². The topological polar surface area (TPSA) is 152 Å². The summed E-state index contributed by atoms with van der Waals surface area (Å²) in [4.78, 5) is 51.6. The quantitative estimate of drug-likeness (QED) is 0.0798. The molecule has 372 valence electrons. The van der Waals surface area contributed by atoms with Gasteiger partial charge in [-0.1, -0.05) is 73.4 Å². The lowest BCUT2D eigenvalue weighted by molar-refractivity contribution is -0.142. The first kappa shape index (κ1) is 54.3. The van der Waals surface area contributed by atoms with Crippen molar-refractivity contribution in [1.82, 2.24) is 30.2 Å². The van der Waals surface area contributed by atoms with Gasteiger partial charge >= 0.3 is 12.4 Å². The molecule has 0 aliphatic carbocycles. The van der Waals surface area contributed by atoms with Crippen molar-refractivity contribution in [3.05, 3.63) is 162 Å². The van der Waals surface area contributed by atoms with Crippen LogP contribution in [0.3, 0.4) is 0 Å². The smallest absolute Gasteiger partial charge is 0.350 e. The van der Waals surface area contributed by atoms with Gasteiger partial charge in [-0.15, -0.1) is 0 Å². The van der Waals surface area contributed by atoms with Gasteiger partial charge in [0.05, 0.1) is 45.4 Å². The van der Waals surface area contributed by atoms with Crippen LogP contribution in [0.4, 0.5) is 37.7 Å². The van der Waals surface area contributed by atoms with Crippen LogP contribution in [-0.4, -0.2) is 55.3 Å². The molecule has 0 aliphatic heterocycles. The van der Waals surface area contributed by atoms with Crippen molar-refractivity contribution in [2.75, 3.05) is 10.6 Å². The summed E-state index contributed by atoms with van der Waals surface area (Å²) >= 11 is 12.5. The Hall–Kier alpha value is -6.66. The van der Waals surface area contributed by atoms with Gasteiger partial charge in [0.25, 0.3) is 23.6 Å². The number of amides is 4. The minimum atomic E-state index is -4.51. The van der Waals surface area contributed by atoms with E-state index in [0.717, 1.165) is 30.5 Å². The molecule has 2 heterocycles. The zero-order chi connectivity index (χ0) is 51.8. The molecule has 70 heavy (non-hydrogen) atoms. The lowest BCUT2D eigenvalue weighted by atomic mass is 10.0. The zero-order valence-corrected chi connectivity index (χ0v) is 41.0. The van der Waals surface area contributed by atoms with Gasteiger partial charge in [-0.3, -0.25) is 28.5 Å². The van der Waals surface area contributed by atoms with E-state index in [0.29, 0.717) is 39.5 Å². The second kappa shape index (κ2) is 22.8. The molecule has 0 fully saturated rings. The van der Waals surface area contributed by atoms with Crippen molar-refractivity contribution in [2.45, 2.75) is 106 Å². The van der Waals surface area contributed by atoms with Crippen LogP contribution in [0, 0.1) is 27.7 Å². The van der Waals surface area contributed by atoms with E-state index in [9.17, 15) is 45.5 Å². The summed E-state index contributed by atoms with van der Waals surface area (Å²) in [7, 11) is 0. The molecule has 6 aromatic rings. The Balaban J connectivity index is 0.000000261. The molecule has 2 unspecified atom stereocenters. The van der Waals surface area contributed by atoms with Crippen molar-refractivity contribution in [3.8, 4) is 0 Å². The number of aryl methyl sites for hydroxylation is 4. The van der Waals surface area contributed by atoms with Crippen LogP contribution in [0.1, 0.15) is 127 Å². The monoisotopic (exact) mass is 1010 g/mol. The van der Waals surface area contributed by atoms with Crippen molar-refractivity contribution in [3.63, 3.8) is 0 Å². The van der Waals surface area contributed by atoms with Gasteiger partial charge in [-0.2, -0.15) is 36.5 Å². The number of halogens is 8. The number of anilines is 2. The van der Waals surface area contributed by atoms with Crippen LogP contribution in [0.25, 0.3) is 0 Å². The van der Waals surface area contributed by atoms with E-state index in [2.05, 4.69) is 31.5 Å². The van der Waals surface area contributed by atoms with Gasteiger partial charge in [0, 0.05) is 34.8 Å². The number of alkyl halides is 6. The van der Waals surface area contributed by atoms with Crippen molar-refractivity contribution < 1.29 is 45.5 Å². The maximum absolute atomic E-state index is 13.1. The summed E-state index contributed by atoms with van der Waals surface area (Å²) in [5, 5.41) is 18.8. The number of benzene rings is 4. The first-order valence-electron chi connectivity index (χ1n) is 22.0. The molecule has 0 spiro atoms. The molecule has 4 amide bonds. The number of nitrogens with one attached hydrogen (secondary N) is 4. The average Bonchev–Trinajstić information content (AvgIpc) is 3.86. The van der Waals surface area contributed by atoms with Gasteiger partial charge in [0.15, 0.2) is 11.4 Å². The molecule has 0 saturated heterocycles. The van der Waals surface area contributed by atoms with E-state index < -0.39 is 47.4 Å². The maximum Gasteiger partial charge on any atom is 0.435 e. The summed E-state index contributed by atoms with van der Waals surface area (Å²) in [6.07, 6.45) is -7.57. The Morgan fingerprint density at radius 3 is 1.33 bits per heavy atom. The zero-order valence-electron chi connectivity index (χ0n) is 39.5. The molecule has 0 bridgehead atoms. The summed E-state index contributed by atoms with van der Waals surface area (Å²) in [6.45, 7) is 14.5. The van der Waals surface area contributed by atoms with E-state index in [1.807, 2.05) is 27.7 Å². The molecule has 2 aromatic heterocycles. The Kier molecular flexibility index (Phi) is 17.7. The molecule has 0 radical (unpaired) electrons. The molecule has 20 heteroatoms. The molecular formula is C50H52Cl2F6N8O4. The predicted octanol–water partition coefficient (Wildman–Crippen LogP) is 12.0. The highest BCUT2D eigenvalue weighted by Gasteiger charge is 2.35. The summed E-state index contributed by atoms with van der Waals surface area (Å²) in [6, 6.07) is 21.4. The fourth-order valence-electron chi connectivity index (χ4n) is 6.96. The molecule has 6 rings (SSSR count). The fourth-order valence-corrected chi connectivity index (χ4v) is 7.48. The third-order valence-corrected chi connectivity index (χ3v) is 11.9. The van der Waals surface area contributed by atoms with E-state index in [-0.39, 0.29) is 57.5 Å². The van der Waals surface area contributed by atoms with Crippen LogP contribution in [0.5, 0.6) is 0 Å². The number of hydrogen-bond acceptors (Lipinski definition) is 6. The Morgan fingerprint density at radius 1 is 0.557 bits per heavy atom. The Bertz CT molecular complexity index is 2890. The molecule has 2 atom stereocenters. The number of carbonyl (C=O) groups is 4. The number of carbonyl (C=O) groups excluding carboxylic acids is 4. The summed E-state index contributed by atoms with van der Waals surface area (Å²) < 4.78 is 80.2. The van der Waals surface area contributed by atoms with Crippen LogP contribution >= 0.6 is 23.2 Å². The molecule has 12 nitrogen and oxygen atoms in total. The lowest BCUT2D eigenvalue weighted by Gasteiger charge is -2.16. The van der Waals surface area contributed by atoms with Gasteiger partial charge in [0.1, 0.15) is 0 Å². The number of aromatic nitrogens is 4. The first-order chi connectivity index (χ1) is 32.8. The average molecular weight is 1010 g/mol. The van der Waals surface area contributed by atoms with Crippen molar-refractivity contribution in [1.29, 1.82) is 0 Å². The van der Waals surface area contributed by atoms with Crippen molar-refractivity contribution in [2.24, 2.45) is 0 Å². The van der Waals surface area contributed by atoms with E-state index in [1.165, 1.54) is 27.6 Å². The normalized spacial score (nSPS) is 12.3. The van der Waals surface area contributed by atoms with Gasteiger partial charge in [-0.25, -0.2) is 0 Å². The standard InChI is InChI=1S/2C25H26ClF3N4O2/c1-5-15(3)30-24(35)22-18(7-6-8-19(22)26)23(34)31-20-10-9-17(11-14(20)2)13-33-16(4)12-21(32-33)25(27,28)29;1-5-15(3)30-23(34)18-7-6-8-19(26)22(18)24(35)31-20-10-9-17(11-14(20)2)13-33-16(4)12-21(32-33)25(27,28)29/h6-12,15H,5,13H2,1-4H3,(H,30,35)(H,31,34);6-12,15H,5,13H2,1-4H3,(H,30,34)(H,31,35). The van der Waals surface area contributed by atoms with Gasteiger partial charge in [-0.05, 0) is 125 Å². The second-order valence-electron chi connectivity index (χ2n) is 16.7. The highest BCUT2D eigenvalue weighted by atomic mass is 35.5. The number of hydrogen-bond donors (Lipinski definition) is 4. The number of rotatable bonds is 14. The van der Waals surface area contributed by atoms with Gasteiger partial charge < -0.3 is 21.3 Å². The molecule has 4 N–H and O–H groups in total. The molecule has 0 aliphatic rings. The Morgan fingerprint density at radius 2 is 0.943 bits per heavy atom. The SMILES string of the molecule is CCC(C)NC(=O)c1c(Cl)cccc1C(=O)Nc1ccc(Cn2nc(C(F)(F)F)cc2C)cc1C.CCC(C)NC(=O)c1cccc(Cl)c1C(=O)Nc1ccc(Cn2nc(C(F)(F)F)cc2C)cc1C. The van der Waals surface area contributed by atoms with Gasteiger partial charge in [0.2, 0.25) is 0 Å². The number of nitrogens with zero attached hydrogens (tertiary/aromatic N) is 4. The Labute approximate surface area is 411 Å². The maximum atomic E-state index is 13.1. The highest BCUT2D eigenvalue weighted by molar-refractivity contribution is 6.36. The minimum Gasteiger partial charge on any atom is -0.350 e. The predicted molar refractivity (Wildman–Crippen MR) is 258 cm³/mol. The van der Waals surface area contributed by atoms with Crippen LogP contribution in [0.15, 0.2) is 84.9 Å². The second-order valence-corrected chi connectivity index (χ2v) is 17.6. The first-order valence-corrected chi connectivity index (χ1v) is 22.8. The fraction of sp³-hybridized carbons (Fsp3) is 0.320. The lowest BCUT2D eigenvalue weighted by Crippen LogP contribution is -2.33. The summed E-state index contributed by atoms with van der Waals surface area (Å²) in [5.41, 5.74) is 3.15. The van der Waals surface area contributed by atoms with E-state index in [1.54, 1.807) is 82.3 Å². The largest absolute Gasteiger partial charge is 0.435 e. The molecule has 4 aromatic carbocycles.